The van der Waals surface area contributed by atoms with Gasteiger partial charge in [0.05, 0.1) is 11.1 Å². The van der Waals surface area contributed by atoms with Crippen LogP contribution in [-0.2, 0) is 12.4 Å². The Morgan fingerprint density at radius 1 is 0.789 bits per heavy atom. The minimum absolute atomic E-state index is 0.00983. The molecule has 38 heavy (non-hydrogen) atoms. The van der Waals surface area contributed by atoms with Crippen LogP contribution in [-0.4, -0.2) is 30.1 Å². The third-order valence-electron chi connectivity index (χ3n) is 4.68. The van der Waals surface area contributed by atoms with Gasteiger partial charge in [0, 0.05) is 29.5 Å². The van der Waals surface area contributed by atoms with E-state index in [0.717, 1.165) is 23.5 Å². The minimum atomic E-state index is -5.01. The zero-order valence-corrected chi connectivity index (χ0v) is 20.4. The highest BCUT2D eigenvalue weighted by molar-refractivity contribution is 7.99. The van der Waals surface area contributed by atoms with Gasteiger partial charge < -0.3 is 4.42 Å². The van der Waals surface area contributed by atoms with Gasteiger partial charge in [-0.2, -0.15) is 26.3 Å². The highest BCUT2D eigenvalue weighted by atomic mass is 35.5. The second-order valence-electron chi connectivity index (χ2n) is 7.37. The first-order valence-electron chi connectivity index (χ1n) is 10.0. The Balaban J connectivity index is 1.40. The number of H-pyrrole nitrogens is 1. The zero-order valence-electron chi connectivity index (χ0n) is 18.0. The van der Waals surface area contributed by atoms with E-state index in [9.17, 15) is 30.7 Å². The number of fused-ring (bicyclic) bond motifs is 1. The van der Waals surface area contributed by atoms with Crippen LogP contribution < -0.4 is 0 Å². The Morgan fingerprint density at radius 3 is 2.18 bits per heavy atom. The summed E-state index contributed by atoms with van der Waals surface area (Å²) < 4.78 is 98.0. The number of rotatable bonds is 5. The molecule has 0 aliphatic rings. The predicted molar refractivity (Wildman–Crippen MR) is 121 cm³/mol. The van der Waals surface area contributed by atoms with E-state index < -0.39 is 34.9 Å². The number of halogens is 8. The molecule has 0 amide bonds. The summed E-state index contributed by atoms with van der Waals surface area (Å²) in [5.41, 5.74) is -2.82. The fourth-order valence-electron chi connectivity index (χ4n) is 3.08. The minimum Gasteiger partial charge on any atom is -0.431 e. The molecule has 0 saturated heterocycles. The Morgan fingerprint density at radius 2 is 1.50 bits per heavy atom. The fraction of sp³-hybridized carbons (Fsp3) is 0.0952. The van der Waals surface area contributed by atoms with Gasteiger partial charge in [0.1, 0.15) is 21.5 Å². The highest BCUT2D eigenvalue weighted by Gasteiger charge is 2.37. The Bertz CT molecular complexity index is 1620. The predicted octanol–water partition coefficient (Wildman–Crippen LogP) is 7.54. The first-order chi connectivity index (χ1) is 17.8. The summed E-state index contributed by atoms with van der Waals surface area (Å²) in [6.45, 7) is 0. The summed E-state index contributed by atoms with van der Waals surface area (Å²) in [7, 11) is 0. The number of benzene rings is 2. The van der Waals surface area contributed by atoms with Crippen molar-refractivity contribution < 1.29 is 35.2 Å². The largest absolute Gasteiger partial charge is 0.431 e. The summed E-state index contributed by atoms with van der Waals surface area (Å²) in [5, 5.41) is 6.53. The average molecular weight is 593 g/mol. The van der Waals surface area contributed by atoms with Gasteiger partial charge in [-0.05, 0) is 42.1 Å². The van der Waals surface area contributed by atoms with Gasteiger partial charge >= 0.3 is 12.4 Å². The monoisotopic (exact) mass is 592 g/mol. The quantitative estimate of drug-likeness (QED) is 0.127. The third-order valence-corrected chi connectivity index (χ3v) is 6.37. The number of nitrogens with one attached hydrogen (secondary N) is 1. The molecule has 196 valence electrons. The lowest BCUT2D eigenvalue weighted by atomic mass is 10.0. The standard InChI is InChI=1S/C21H8ClF7N6OS2/c22-14-7-15(32-17(31-14)38-19-30-12-6-11(23)1-2-13(12)36-19)37-18-33-16(34-35-18)8-3-9(20(24,25)26)5-10(4-8)21(27,28)29/h1-7H,(H,33,34,35). The van der Waals surface area contributed by atoms with Crippen molar-refractivity contribution in [1.82, 2.24) is 30.1 Å². The van der Waals surface area contributed by atoms with Crippen molar-refractivity contribution >= 4 is 46.2 Å². The van der Waals surface area contributed by atoms with Crippen molar-refractivity contribution in [2.24, 2.45) is 0 Å². The fourth-order valence-corrected chi connectivity index (χ4v) is 4.88. The number of hydrogen-bond donors (Lipinski definition) is 1. The molecular formula is C21H8ClF7N6OS2. The number of nitrogens with zero attached hydrogens (tertiary/aromatic N) is 5. The van der Waals surface area contributed by atoms with Crippen LogP contribution in [0.1, 0.15) is 11.1 Å². The van der Waals surface area contributed by atoms with Crippen molar-refractivity contribution in [3.63, 3.8) is 0 Å². The number of alkyl halides is 6. The topological polar surface area (TPSA) is 93.4 Å². The lowest BCUT2D eigenvalue weighted by molar-refractivity contribution is -0.143. The van der Waals surface area contributed by atoms with Crippen LogP contribution in [0.15, 0.2) is 67.4 Å². The zero-order chi connectivity index (χ0) is 27.2. The lowest BCUT2D eigenvalue weighted by Gasteiger charge is -2.13. The average Bonchev–Trinajstić information content (AvgIpc) is 3.43. The highest BCUT2D eigenvalue weighted by Crippen LogP contribution is 2.38. The second kappa shape index (κ2) is 9.74. The summed E-state index contributed by atoms with van der Waals surface area (Å²) in [5.74, 6) is -0.816. The molecule has 7 nitrogen and oxygen atoms in total. The normalized spacial score (nSPS) is 12.4. The van der Waals surface area contributed by atoms with Gasteiger partial charge in [-0.3, -0.25) is 5.10 Å². The Labute approximate surface area is 220 Å². The molecule has 2 aromatic carbocycles. The van der Waals surface area contributed by atoms with Crippen LogP contribution >= 0.6 is 35.1 Å². The Kier molecular flexibility index (Phi) is 6.73. The lowest BCUT2D eigenvalue weighted by Crippen LogP contribution is -2.11. The van der Waals surface area contributed by atoms with E-state index in [1.165, 1.54) is 24.3 Å². The molecule has 5 aromatic rings. The van der Waals surface area contributed by atoms with Gasteiger partial charge in [0.15, 0.2) is 16.6 Å². The van der Waals surface area contributed by atoms with E-state index in [2.05, 4.69) is 30.1 Å². The first-order valence-corrected chi connectivity index (χ1v) is 12.0. The molecule has 0 aliphatic carbocycles. The molecule has 0 atom stereocenters. The molecule has 5 rings (SSSR count). The van der Waals surface area contributed by atoms with Gasteiger partial charge in [-0.15, -0.1) is 5.10 Å². The molecular weight excluding hydrogens is 585 g/mol. The van der Waals surface area contributed by atoms with Gasteiger partial charge in [-0.1, -0.05) is 11.6 Å². The van der Waals surface area contributed by atoms with E-state index in [1.807, 2.05) is 0 Å². The van der Waals surface area contributed by atoms with Crippen LogP contribution in [0.2, 0.25) is 5.15 Å². The summed E-state index contributed by atoms with van der Waals surface area (Å²) in [6, 6.07) is 6.24. The van der Waals surface area contributed by atoms with E-state index in [-0.39, 0.29) is 43.1 Å². The molecule has 3 heterocycles. The van der Waals surface area contributed by atoms with Crippen molar-refractivity contribution in [3.05, 3.63) is 64.6 Å². The summed E-state index contributed by atoms with van der Waals surface area (Å²) in [6.07, 6.45) is -10.0. The maximum absolute atomic E-state index is 13.4. The molecule has 0 fully saturated rings. The van der Waals surface area contributed by atoms with Gasteiger partial charge in [-0.25, -0.2) is 24.3 Å². The SMILES string of the molecule is Fc1ccc2oc(Sc3nc(Cl)cc(Sc4n[nH]c(-c5cc(C(F)(F)F)cc(C(F)(F)F)c5)n4)n3)nc2c1. The molecule has 0 bridgehead atoms. The molecule has 3 aromatic heterocycles. The second-order valence-corrected chi connectivity index (χ2v) is 9.66. The molecule has 0 saturated carbocycles. The van der Waals surface area contributed by atoms with Crippen molar-refractivity contribution in [2.75, 3.05) is 0 Å². The van der Waals surface area contributed by atoms with Crippen LogP contribution in [0.3, 0.4) is 0 Å². The summed E-state index contributed by atoms with van der Waals surface area (Å²) in [4.78, 5) is 16.4. The van der Waals surface area contributed by atoms with Gasteiger partial charge in [0.25, 0.3) is 5.22 Å². The van der Waals surface area contributed by atoms with Crippen LogP contribution in [0, 0.1) is 5.82 Å². The van der Waals surface area contributed by atoms with Crippen LogP contribution in [0.25, 0.3) is 22.5 Å². The molecule has 0 spiro atoms. The number of oxazole rings is 1. The maximum Gasteiger partial charge on any atom is 0.416 e. The smallest absolute Gasteiger partial charge is 0.416 e. The van der Waals surface area contributed by atoms with Crippen LogP contribution in [0.4, 0.5) is 30.7 Å². The molecule has 17 heteroatoms. The Hall–Kier alpha value is -3.37. The van der Waals surface area contributed by atoms with Crippen LogP contribution in [0.5, 0.6) is 0 Å². The van der Waals surface area contributed by atoms with Gasteiger partial charge in [0.2, 0.25) is 5.16 Å². The molecule has 0 radical (unpaired) electrons. The van der Waals surface area contributed by atoms with Crippen molar-refractivity contribution in [3.8, 4) is 11.4 Å². The third kappa shape index (κ3) is 5.86. The molecule has 0 aliphatic heterocycles. The number of hydrogen-bond acceptors (Lipinski definition) is 8. The van der Waals surface area contributed by atoms with E-state index in [1.54, 1.807) is 0 Å². The molecule has 0 unspecified atom stereocenters. The van der Waals surface area contributed by atoms with E-state index in [0.29, 0.717) is 17.7 Å². The summed E-state index contributed by atoms with van der Waals surface area (Å²) >= 11 is 7.77. The maximum atomic E-state index is 13.4. The first kappa shape index (κ1) is 26.2. The number of aromatic amines is 1. The van der Waals surface area contributed by atoms with Crippen molar-refractivity contribution in [1.29, 1.82) is 0 Å². The van der Waals surface area contributed by atoms with E-state index in [4.69, 9.17) is 16.0 Å². The number of aromatic nitrogens is 6. The van der Waals surface area contributed by atoms with Crippen molar-refractivity contribution in [2.45, 2.75) is 32.9 Å². The van der Waals surface area contributed by atoms with E-state index >= 15 is 0 Å². The molecule has 1 N–H and O–H groups in total.